The largest absolute Gasteiger partial charge is 0.368 e. The van der Waals surface area contributed by atoms with E-state index in [0.717, 1.165) is 5.56 Å². The SMILES string of the molecule is CCNc1n[nH]c2c(F)c(NC(=O)NC(C)c3ccccc3)ncc12. The molecular formula is C17H19FN6O. The molecule has 2 aromatic heterocycles. The zero-order valence-electron chi connectivity index (χ0n) is 13.9. The van der Waals surface area contributed by atoms with E-state index in [1.165, 1.54) is 6.20 Å². The summed E-state index contributed by atoms with van der Waals surface area (Å²) in [5, 5.41) is 15.4. The quantitative estimate of drug-likeness (QED) is 0.571. The third-order valence-corrected chi connectivity index (χ3v) is 3.78. The summed E-state index contributed by atoms with van der Waals surface area (Å²) in [4.78, 5) is 16.1. The molecule has 3 aromatic rings. The van der Waals surface area contributed by atoms with Crippen molar-refractivity contribution >= 4 is 28.6 Å². The van der Waals surface area contributed by atoms with E-state index in [1.807, 2.05) is 44.2 Å². The van der Waals surface area contributed by atoms with Crippen molar-refractivity contribution in [1.29, 1.82) is 0 Å². The Labute approximate surface area is 144 Å². The van der Waals surface area contributed by atoms with Crippen LogP contribution in [0.4, 0.5) is 20.8 Å². The van der Waals surface area contributed by atoms with Gasteiger partial charge in [-0.05, 0) is 19.4 Å². The molecule has 0 fully saturated rings. The van der Waals surface area contributed by atoms with E-state index in [4.69, 9.17) is 0 Å². The number of halogens is 1. The summed E-state index contributed by atoms with van der Waals surface area (Å²) in [5.74, 6) is -0.286. The van der Waals surface area contributed by atoms with Gasteiger partial charge >= 0.3 is 6.03 Å². The van der Waals surface area contributed by atoms with E-state index < -0.39 is 11.8 Å². The number of amides is 2. The zero-order chi connectivity index (χ0) is 17.8. The first-order valence-electron chi connectivity index (χ1n) is 7.99. The maximum Gasteiger partial charge on any atom is 0.320 e. The molecule has 7 nitrogen and oxygen atoms in total. The molecule has 0 spiro atoms. The van der Waals surface area contributed by atoms with Crippen molar-refractivity contribution in [2.75, 3.05) is 17.2 Å². The number of carbonyl (C=O) groups is 1. The molecule has 1 unspecified atom stereocenters. The molecule has 25 heavy (non-hydrogen) atoms. The van der Waals surface area contributed by atoms with Gasteiger partial charge in [0.25, 0.3) is 0 Å². The highest BCUT2D eigenvalue weighted by Gasteiger charge is 2.17. The first-order valence-corrected chi connectivity index (χ1v) is 7.99. The number of anilines is 2. The predicted molar refractivity (Wildman–Crippen MR) is 95.0 cm³/mol. The molecule has 0 aliphatic carbocycles. The highest BCUT2D eigenvalue weighted by Crippen LogP contribution is 2.25. The molecule has 0 aliphatic rings. The summed E-state index contributed by atoms with van der Waals surface area (Å²) in [6.45, 7) is 4.42. The van der Waals surface area contributed by atoms with Gasteiger partial charge in [0.1, 0.15) is 5.52 Å². The maximum absolute atomic E-state index is 14.5. The number of aromatic amines is 1. The van der Waals surface area contributed by atoms with Gasteiger partial charge in [-0.15, -0.1) is 0 Å². The second kappa shape index (κ2) is 7.16. The van der Waals surface area contributed by atoms with Crippen molar-refractivity contribution in [3.63, 3.8) is 0 Å². The normalized spacial score (nSPS) is 12.0. The molecule has 8 heteroatoms. The van der Waals surface area contributed by atoms with Crippen LogP contribution in [0.5, 0.6) is 0 Å². The Hall–Kier alpha value is -3.16. The van der Waals surface area contributed by atoms with Gasteiger partial charge in [-0.2, -0.15) is 5.10 Å². The van der Waals surface area contributed by atoms with Gasteiger partial charge < -0.3 is 10.6 Å². The molecule has 2 heterocycles. The number of rotatable bonds is 5. The zero-order valence-corrected chi connectivity index (χ0v) is 13.9. The van der Waals surface area contributed by atoms with E-state index in [1.54, 1.807) is 0 Å². The Morgan fingerprint density at radius 2 is 2.04 bits per heavy atom. The molecular weight excluding hydrogens is 323 g/mol. The predicted octanol–water partition coefficient (Wildman–Crippen LogP) is 3.41. The highest BCUT2D eigenvalue weighted by molar-refractivity contribution is 5.94. The Balaban J connectivity index is 1.74. The Bertz CT molecular complexity index is 879. The van der Waals surface area contributed by atoms with E-state index >= 15 is 0 Å². The van der Waals surface area contributed by atoms with E-state index in [2.05, 4.69) is 31.1 Å². The van der Waals surface area contributed by atoms with Crippen LogP contribution in [0.1, 0.15) is 25.5 Å². The second-order valence-electron chi connectivity index (χ2n) is 5.54. The van der Waals surface area contributed by atoms with Crippen LogP contribution in [0.15, 0.2) is 36.5 Å². The average Bonchev–Trinajstić information content (AvgIpc) is 3.02. The molecule has 2 amide bonds. The Morgan fingerprint density at radius 3 is 2.76 bits per heavy atom. The summed E-state index contributed by atoms with van der Waals surface area (Å²) in [5.41, 5.74) is 1.14. The topological polar surface area (TPSA) is 94.7 Å². The molecule has 130 valence electrons. The number of nitrogens with zero attached hydrogens (tertiary/aromatic N) is 2. The number of nitrogens with one attached hydrogen (secondary N) is 4. The third kappa shape index (κ3) is 3.52. The van der Waals surface area contributed by atoms with Gasteiger partial charge in [-0.3, -0.25) is 10.4 Å². The van der Waals surface area contributed by atoms with Crippen molar-refractivity contribution in [1.82, 2.24) is 20.5 Å². The fourth-order valence-corrected chi connectivity index (χ4v) is 2.50. The molecule has 0 aliphatic heterocycles. The second-order valence-corrected chi connectivity index (χ2v) is 5.54. The van der Waals surface area contributed by atoms with Gasteiger partial charge in [-0.25, -0.2) is 14.2 Å². The van der Waals surface area contributed by atoms with Crippen LogP contribution in [0, 0.1) is 5.82 Å². The lowest BCUT2D eigenvalue weighted by molar-refractivity contribution is 0.249. The van der Waals surface area contributed by atoms with Crippen molar-refractivity contribution < 1.29 is 9.18 Å². The van der Waals surface area contributed by atoms with E-state index in [0.29, 0.717) is 17.7 Å². The smallest absolute Gasteiger partial charge is 0.320 e. The minimum atomic E-state index is -0.656. The lowest BCUT2D eigenvalue weighted by Crippen LogP contribution is -2.31. The number of urea groups is 1. The third-order valence-electron chi connectivity index (χ3n) is 3.78. The summed E-state index contributed by atoms with van der Waals surface area (Å²) in [6, 6.07) is 8.73. The molecule has 0 saturated carbocycles. The standard InChI is InChI=1S/C17H19FN6O/c1-3-19-15-12-9-20-16(13(18)14(12)23-24-15)22-17(25)21-10(2)11-7-5-4-6-8-11/h4-10H,3H2,1-2H3,(H2,19,23,24)(H2,20,21,22,25). The van der Waals surface area contributed by atoms with Crippen LogP contribution in [0.3, 0.4) is 0 Å². The summed E-state index contributed by atoms with van der Waals surface area (Å²) in [6.07, 6.45) is 1.47. The van der Waals surface area contributed by atoms with Crippen LogP contribution in [-0.4, -0.2) is 27.8 Å². The number of hydrogen-bond donors (Lipinski definition) is 4. The van der Waals surface area contributed by atoms with Crippen LogP contribution in [0.2, 0.25) is 0 Å². The van der Waals surface area contributed by atoms with Crippen LogP contribution in [-0.2, 0) is 0 Å². The van der Waals surface area contributed by atoms with Crippen molar-refractivity contribution in [3.05, 3.63) is 47.9 Å². The summed E-state index contributed by atoms with van der Waals surface area (Å²) in [7, 11) is 0. The molecule has 1 aromatic carbocycles. The highest BCUT2D eigenvalue weighted by atomic mass is 19.1. The van der Waals surface area contributed by atoms with Crippen molar-refractivity contribution in [2.45, 2.75) is 19.9 Å². The number of carbonyl (C=O) groups excluding carboxylic acids is 1. The van der Waals surface area contributed by atoms with Crippen molar-refractivity contribution in [2.24, 2.45) is 0 Å². The minimum Gasteiger partial charge on any atom is -0.368 e. The fraction of sp³-hybridized carbons (Fsp3) is 0.235. The molecule has 1 atom stereocenters. The van der Waals surface area contributed by atoms with Crippen LogP contribution < -0.4 is 16.0 Å². The van der Waals surface area contributed by atoms with Crippen LogP contribution >= 0.6 is 0 Å². The monoisotopic (exact) mass is 342 g/mol. The number of H-pyrrole nitrogens is 1. The van der Waals surface area contributed by atoms with Gasteiger partial charge in [0.15, 0.2) is 17.5 Å². The Kier molecular flexibility index (Phi) is 4.78. The fourth-order valence-electron chi connectivity index (χ4n) is 2.50. The maximum atomic E-state index is 14.5. The molecule has 4 N–H and O–H groups in total. The number of hydrogen-bond acceptors (Lipinski definition) is 4. The first kappa shape index (κ1) is 16.7. The molecule has 3 rings (SSSR count). The van der Waals surface area contributed by atoms with Crippen molar-refractivity contribution in [3.8, 4) is 0 Å². The Morgan fingerprint density at radius 1 is 1.28 bits per heavy atom. The first-order chi connectivity index (χ1) is 12.1. The van der Waals surface area contributed by atoms with E-state index in [-0.39, 0.29) is 17.4 Å². The lowest BCUT2D eigenvalue weighted by Gasteiger charge is -2.15. The number of benzene rings is 1. The van der Waals surface area contributed by atoms with Crippen LogP contribution in [0.25, 0.3) is 10.9 Å². The summed E-state index contributed by atoms with van der Waals surface area (Å²) < 4.78 is 14.5. The number of pyridine rings is 1. The van der Waals surface area contributed by atoms with Gasteiger partial charge in [0.05, 0.1) is 11.4 Å². The van der Waals surface area contributed by atoms with Gasteiger partial charge in [0, 0.05) is 12.7 Å². The lowest BCUT2D eigenvalue weighted by atomic mass is 10.1. The average molecular weight is 342 g/mol. The molecule has 0 saturated heterocycles. The van der Waals surface area contributed by atoms with Gasteiger partial charge in [-0.1, -0.05) is 30.3 Å². The van der Waals surface area contributed by atoms with Gasteiger partial charge in [0.2, 0.25) is 0 Å². The molecule has 0 bridgehead atoms. The number of aromatic nitrogens is 3. The summed E-state index contributed by atoms with van der Waals surface area (Å²) >= 11 is 0. The van der Waals surface area contributed by atoms with E-state index in [9.17, 15) is 9.18 Å². The number of fused-ring (bicyclic) bond motifs is 1. The minimum absolute atomic E-state index is 0.156. The molecule has 0 radical (unpaired) electrons.